The number of methoxy groups -OCH3 is 3. The monoisotopic (exact) mass is 453 g/mol. The number of hydrogen-bond acceptors (Lipinski definition) is 3. The minimum Gasteiger partial charge on any atom is -0.330 e. The second-order valence-electron chi connectivity index (χ2n) is 10.6. The average molecular weight is 454 g/mol. The second kappa shape index (κ2) is 16.9. The average Bonchev–Trinajstić information content (AvgIpc) is 2.77. The summed E-state index contributed by atoms with van der Waals surface area (Å²) in [5.41, 5.74) is -0.567. The predicted molar refractivity (Wildman–Crippen MR) is 137 cm³/mol. The standard InChI is InChI=1S/C28H55NO3/c1-10-12-14-16-18-20-22-25(29-6)24-27(26(3,4)5,28(30-7,31-8)32-9)23-21-19-17-15-13-11-2/h25H,10-24H2,1-5,7-9H3. The van der Waals surface area contributed by atoms with Crippen LogP contribution in [0.25, 0.3) is 4.85 Å². The molecule has 4 nitrogen and oxygen atoms in total. The summed E-state index contributed by atoms with van der Waals surface area (Å²) in [6.07, 6.45) is 17.5. The van der Waals surface area contributed by atoms with E-state index in [1.807, 2.05) is 0 Å². The lowest BCUT2D eigenvalue weighted by atomic mass is 9.58. The van der Waals surface area contributed by atoms with Crippen molar-refractivity contribution >= 4 is 0 Å². The van der Waals surface area contributed by atoms with Gasteiger partial charge in [0, 0.05) is 34.2 Å². The summed E-state index contributed by atoms with van der Waals surface area (Å²) in [4.78, 5) is 4.09. The fourth-order valence-electron chi connectivity index (χ4n) is 5.34. The van der Waals surface area contributed by atoms with Crippen molar-refractivity contribution in [2.24, 2.45) is 10.8 Å². The van der Waals surface area contributed by atoms with Gasteiger partial charge in [0.05, 0.1) is 5.41 Å². The van der Waals surface area contributed by atoms with E-state index in [9.17, 15) is 0 Å². The van der Waals surface area contributed by atoms with Crippen molar-refractivity contribution in [1.29, 1.82) is 0 Å². The highest BCUT2D eigenvalue weighted by atomic mass is 16.9. The Kier molecular flexibility index (Phi) is 16.6. The molecule has 0 aromatic carbocycles. The Balaban J connectivity index is 5.58. The number of hydrogen-bond donors (Lipinski definition) is 0. The van der Waals surface area contributed by atoms with Gasteiger partial charge in [-0.15, -0.1) is 0 Å². The lowest BCUT2D eigenvalue weighted by Gasteiger charge is -2.54. The molecule has 0 amide bonds. The first kappa shape index (κ1) is 31.4. The Morgan fingerprint density at radius 1 is 0.688 bits per heavy atom. The third kappa shape index (κ3) is 9.32. The summed E-state index contributed by atoms with van der Waals surface area (Å²) < 4.78 is 18.0. The maximum atomic E-state index is 7.96. The molecule has 2 unspecified atom stereocenters. The first-order valence-electron chi connectivity index (χ1n) is 13.3. The Hall–Kier alpha value is -0.630. The van der Waals surface area contributed by atoms with E-state index in [-0.39, 0.29) is 11.5 Å². The molecule has 0 radical (unpaired) electrons. The van der Waals surface area contributed by atoms with E-state index >= 15 is 0 Å². The molecular weight excluding hydrogens is 398 g/mol. The van der Waals surface area contributed by atoms with Gasteiger partial charge in [0.2, 0.25) is 6.04 Å². The fraction of sp³-hybridized carbons (Fsp3) is 0.964. The number of unbranched alkanes of at least 4 members (excludes halogenated alkanes) is 10. The molecular formula is C28H55NO3. The van der Waals surface area contributed by atoms with Gasteiger partial charge in [-0.05, 0) is 18.3 Å². The van der Waals surface area contributed by atoms with Gasteiger partial charge in [-0.2, -0.15) is 0 Å². The van der Waals surface area contributed by atoms with Gasteiger partial charge in [0.1, 0.15) is 0 Å². The normalized spacial score (nSPS) is 15.3. The Morgan fingerprint density at radius 3 is 1.53 bits per heavy atom. The van der Waals surface area contributed by atoms with Crippen molar-refractivity contribution in [2.45, 2.75) is 143 Å². The van der Waals surface area contributed by atoms with Crippen LogP contribution in [0.15, 0.2) is 0 Å². The van der Waals surface area contributed by atoms with Crippen LogP contribution in [-0.2, 0) is 14.2 Å². The summed E-state index contributed by atoms with van der Waals surface area (Å²) in [6.45, 7) is 19.2. The van der Waals surface area contributed by atoms with Crippen LogP contribution in [0.1, 0.15) is 131 Å². The van der Waals surface area contributed by atoms with Crippen molar-refractivity contribution in [3.63, 3.8) is 0 Å². The molecule has 0 fully saturated rings. The van der Waals surface area contributed by atoms with Crippen LogP contribution in [0.3, 0.4) is 0 Å². The molecule has 2 atom stereocenters. The summed E-state index contributed by atoms with van der Waals surface area (Å²) in [5.74, 6) is -1.15. The van der Waals surface area contributed by atoms with Gasteiger partial charge < -0.3 is 19.1 Å². The first-order valence-corrected chi connectivity index (χ1v) is 13.3. The van der Waals surface area contributed by atoms with Gasteiger partial charge in [0.15, 0.2) is 0 Å². The van der Waals surface area contributed by atoms with E-state index in [4.69, 9.17) is 20.8 Å². The van der Waals surface area contributed by atoms with Crippen LogP contribution in [0.2, 0.25) is 0 Å². The molecule has 32 heavy (non-hydrogen) atoms. The van der Waals surface area contributed by atoms with Gasteiger partial charge in [0.25, 0.3) is 5.97 Å². The van der Waals surface area contributed by atoms with Crippen molar-refractivity contribution in [2.75, 3.05) is 21.3 Å². The third-order valence-corrected chi connectivity index (χ3v) is 7.44. The van der Waals surface area contributed by atoms with Crippen LogP contribution in [0, 0.1) is 17.4 Å². The van der Waals surface area contributed by atoms with E-state index in [2.05, 4.69) is 39.5 Å². The van der Waals surface area contributed by atoms with E-state index < -0.39 is 11.4 Å². The lowest BCUT2D eigenvalue weighted by Crippen LogP contribution is -2.60. The number of rotatable bonds is 20. The summed E-state index contributed by atoms with van der Waals surface area (Å²) in [5, 5.41) is 0. The number of ether oxygens (including phenoxy) is 3. The zero-order valence-corrected chi connectivity index (χ0v) is 22.9. The molecule has 0 saturated heterocycles. The van der Waals surface area contributed by atoms with Crippen LogP contribution in [-0.4, -0.2) is 33.3 Å². The quantitative estimate of drug-likeness (QED) is 0.105. The third-order valence-electron chi connectivity index (χ3n) is 7.44. The molecule has 0 aliphatic rings. The summed E-state index contributed by atoms with van der Waals surface area (Å²) >= 11 is 0. The Morgan fingerprint density at radius 2 is 1.12 bits per heavy atom. The van der Waals surface area contributed by atoms with Crippen LogP contribution < -0.4 is 0 Å². The highest BCUT2D eigenvalue weighted by Gasteiger charge is 2.61. The molecule has 190 valence electrons. The van der Waals surface area contributed by atoms with Gasteiger partial charge >= 0.3 is 0 Å². The maximum absolute atomic E-state index is 7.96. The van der Waals surface area contributed by atoms with Crippen molar-refractivity contribution in [3.05, 3.63) is 11.4 Å². The molecule has 0 saturated carbocycles. The zero-order chi connectivity index (χ0) is 24.5. The predicted octanol–water partition coefficient (Wildman–Crippen LogP) is 8.79. The van der Waals surface area contributed by atoms with Gasteiger partial charge in [-0.3, -0.25) is 0 Å². The highest BCUT2D eigenvalue weighted by Crippen LogP contribution is 2.56. The van der Waals surface area contributed by atoms with E-state index in [1.54, 1.807) is 21.3 Å². The van der Waals surface area contributed by atoms with Crippen molar-refractivity contribution in [3.8, 4) is 0 Å². The smallest absolute Gasteiger partial charge is 0.288 e. The van der Waals surface area contributed by atoms with Crippen LogP contribution in [0.4, 0.5) is 0 Å². The molecule has 4 heteroatoms. The van der Waals surface area contributed by atoms with Crippen LogP contribution >= 0.6 is 0 Å². The molecule has 0 spiro atoms. The number of nitrogens with zero attached hydrogens (tertiary/aromatic N) is 1. The topological polar surface area (TPSA) is 32.0 Å². The molecule has 0 aliphatic heterocycles. The van der Waals surface area contributed by atoms with E-state index in [0.29, 0.717) is 0 Å². The SMILES string of the molecule is [C-]#[N+]C(CCCCCCCC)CC(CCCCCCCC)(C(C)(C)C)C(OC)(OC)OC. The molecule has 0 N–H and O–H groups in total. The summed E-state index contributed by atoms with van der Waals surface area (Å²) in [7, 11) is 5.03. The van der Waals surface area contributed by atoms with E-state index in [1.165, 1.54) is 64.2 Å². The summed E-state index contributed by atoms with van der Waals surface area (Å²) in [6, 6.07) is -0.0414. The minimum atomic E-state index is -1.15. The molecule has 0 bridgehead atoms. The minimum absolute atomic E-state index is 0.0414. The molecule has 0 aliphatic carbocycles. The molecule has 0 aromatic heterocycles. The first-order chi connectivity index (χ1) is 15.2. The largest absolute Gasteiger partial charge is 0.330 e. The second-order valence-corrected chi connectivity index (χ2v) is 10.6. The molecule has 0 rings (SSSR count). The van der Waals surface area contributed by atoms with Crippen LogP contribution in [0.5, 0.6) is 0 Å². The zero-order valence-electron chi connectivity index (χ0n) is 22.9. The maximum Gasteiger partial charge on any atom is 0.288 e. The van der Waals surface area contributed by atoms with Crippen molar-refractivity contribution < 1.29 is 14.2 Å². The van der Waals surface area contributed by atoms with Gasteiger partial charge in [-0.25, -0.2) is 6.57 Å². The lowest BCUT2D eigenvalue weighted by molar-refractivity contribution is -0.426. The highest BCUT2D eigenvalue weighted by molar-refractivity contribution is 5.02. The molecule has 0 heterocycles. The molecule has 0 aromatic rings. The van der Waals surface area contributed by atoms with E-state index in [0.717, 1.165) is 32.1 Å². The van der Waals surface area contributed by atoms with Gasteiger partial charge in [-0.1, -0.05) is 105 Å². The fourth-order valence-corrected chi connectivity index (χ4v) is 5.34. The van der Waals surface area contributed by atoms with Crippen molar-refractivity contribution in [1.82, 2.24) is 0 Å². The Bertz CT molecular complexity index is 482. The Labute approximate surface area is 201 Å².